The van der Waals surface area contributed by atoms with Gasteiger partial charge in [-0.1, -0.05) is 50.1 Å². The number of ether oxygens (including phenoxy) is 1. The van der Waals surface area contributed by atoms with E-state index >= 15 is 4.39 Å². The van der Waals surface area contributed by atoms with E-state index in [1.807, 2.05) is 12.2 Å². The second-order valence-electron chi connectivity index (χ2n) is 9.47. The van der Waals surface area contributed by atoms with Crippen molar-refractivity contribution in [1.29, 1.82) is 0 Å². The third kappa shape index (κ3) is 6.02. The molecule has 0 aromatic heterocycles. The van der Waals surface area contributed by atoms with E-state index < -0.39 is 52.3 Å². The van der Waals surface area contributed by atoms with Gasteiger partial charge >= 0.3 is 6.11 Å². The van der Waals surface area contributed by atoms with Crippen molar-refractivity contribution in [2.45, 2.75) is 45.6 Å². The van der Waals surface area contributed by atoms with E-state index in [9.17, 15) is 30.7 Å². The second kappa shape index (κ2) is 11.2. The normalized spacial score (nSPS) is 15.7. The molecular formula is C30H24F8O. The van der Waals surface area contributed by atoms with Crippen LogP contribution >= 0.6 is 0 Å². The van der Waals surface area contributed by atoms with Gasteiger partial charge in [-0.15, -0.1) is 0 Å². The van der Waals surface area contributed by atoms with Gasteiger partial charge in [-0.05, 0) is 60.1 Å². The lowest BCUT2D eigenvalue weighted by atomic mass is 9.83. The summed E-state index contributed by atoms with van der Waals surface area (Å²) in [6, 6.07) is 5.34. The highest BCUT2D eigenvalue weighted by molar-refractivity contribution is 5.73. The number of alkyl halides is 2. The summed E-state index contributed by atoms with van der Waals surface area (Å²) in [6.07, 6.45) is 3.07. The van der Waals surface area contributed by atoms with Crippen LogP contribution in [-0.2, 0) is 6.11 Å². The van der Waals surface area contributed by atoms with Crippen LogP contribution in [0.2, 0.25) is 0 Å². The zero-order valence-electron chi connectivity index (χ0n) is 21.0. The van der Waals surface area contributed by atoms with Gasteiger partial charge in [-0.3, -0.25) is 0 Å². The van der Waals surface area contributed by atoms with E-state index in [-0.39, 0.29) is 29.2 Å². The molecule has 0 fully saturated rings. The largest absolute Gasteiger partial charge is 0.432 e. The van der Waals surface area contributed by atoms with Crippen molar-refractivity contribution in [3.63, 3.8) is 0 Å². The summed E-state index contributed by atoms with van der Waals surface area (Å²) in [5, 5.41) is 0. The Kier molecular flexibility index (Phi) is 8.18. The van der Waals surface area contributed by atoms with Gasteiger partial charge in [0.1, 0.15) is 28.8 Å². The highest BCUT2D eigenvalue weighted by Crippen LogP contribution is 2.39. The van der Waals surface area contributed by atoms with Gasteiger partial charge in [0.05, 0.1) is 0 Å². The SMILES string of the molecule is CCCCC1=CC=C(c2ccc(-c3cc(F)c(C(F)(F)Oc4cc(F)c(F)c(F)c4)c(F)c3)c(F)c2)CC1C. The standard InChI is InChI=1S/C30H24F8O/c1-3-4-5-17-6-7-18(10-16(17)2)19-8-9-22(23(31)11-19)20-12-24(32)28(25(33)13-20)30(37,38)39-21-14-26(34)29(36)27(35)15-21/h6-9,11-16H,3-5,10H2,1-2H3. The lowest BCUT2D eigenvalue weighted by Crippen LogP contribution is -2.25. The lowest BCUT2D eigenvalue weighted by molar-refractivity contribution is -0.189. The first-order valence-corrected chi connectivity index (χ1v) is 12.3. The number of benzene rings is 3. The molecule has 0 saturated heterocycles. The number of halogens is 8. The zero-order chi connectivity index (χ0) is 28.5. The minimum absolute atomic E-state index is 0.109. The van der Waals surface area contributed by atoms with E-state index in [1.165, 1.54) is 17.7 Å². The highest BCUT2D eigenvalue weighted by Gasteiger charge is 2.41. The van der Waals surface area contributed by atoms with Gasteiger partial charge in [-0.25, -0.2) is 26.3 Å². The molecular weight excluding hydrogens is 528 g/mol. The van der Waals surface area contributed by atoms with E-state index in [4.69, 9.17) is 0 Å². The predicted molar refractivity (Wildman–Crippen MR) is 132 cm³/mol. The Hall–Kier alpha value is -3.62. The Morgan fingerprint density at radius 1 is 0.795 bits per heavy atom. The summed E-state index contributed by atoms with van der Waals surface area (Å²) in [4.78, 5) is 0. The first kappa shape index (κ1) is 28.4. The molecule has 0 N–H and O–H groups in total. The van der Waals surface area contributed by atoms with Crippen LogP contribution in [0.15, 0.2) is 60.2 Å². The smallest absolute Gasteiger partial charge is 0.429 e. The van der Waals surface area contributed by atoms with Crippen LogP contribution in [-0.4, -0.2) is 0 Å². The number of unbranched alkanes of at least 4 members (excludes halogenated alkanes) is 1. The fourth-order valence-electron chi connectivity index (χ4n) is 4.57. The average molecular weight is 553 g/mol. The zero-order valence-corrected chi connectivity index (χ0v) is 21.0. The van der Waals surface area contributed by atoms with Crippen LogP contribution in [0.25, 0.3) is 16.7 Å². The molecule has 0 heterocycles. The summed E-state index contributed by atoms with van der Waals surface area (Å²) >= 11 is 0. The van der Waals surface area contributed by atoms with Crippen LogP contribution in [0.4, 0.5) is 35.1 Å². The molecule has 206 valence electrons. The molecule has 39 heavy (non-hydrogen) atoms. The lowest BCUT2D eigenvalue weighted by Gasteiger charge is -2.22. The van der Waals surface area contributed by atoms with Crippen LogP contribution in [0.3, 0.4) is 0 Å². The van der Waals surface area contributed by atoms with Crippen molar-refractivity contribution in [3.8, 4) is 16.9 Å². The molecule has 9 heteroatoms. The van der Waals surface area contributed by atoms with E-state index in [0.717, 1.165) is 24.8 Å². The highest BCUT2D eigenvalue weighted by atomic mass is 19.3. The fourth-order valence-corrected chi connectivity index (χ4v) is 4.57. The van der Waals surface area contributed by atoms with Gasteiger partial charge in [0.15, 0.2) is 17.5 Å². The number of rotatable bonds is 8. The molecule has 3 aromatic rings. The first-order chi connectivity index (χ1) is 18.4. The Morgan fingerprint density at radius 2 is 1.41 bits per heavy atom. The van der Waals surface area contributed by atoms with Crippen LogP contribution in [0.5, 0.6) is 5.75 Å². The summed E-state index contributed by atoms with van der Waals surface area (Å²) in [5.41, 5.74) is 0.370. The third-order valence-electron chi connectivity index (χ3n) is 6.66. The molecule has 3 aromatic carbocycles. The minimum Gasteiger partial charge on any atom is -0.429 e. The average Bonchev–Trinajstić information content (AvgIpc) is 2.85. The van der Waals surface area contributed by atoms with Crippen LogP contribution in [0, 0.1) is 40.8 Å². The first-order valence-electron chi connectivity index (χ1n) is 12.3. The molecule has 1 nitrogen and oxygen atoms in total. The van der Waals surface area contributed by atoms with E-state index in [2.05, 4.69) is 18.6 Å². The quantitative estimate of drug-likeness (QED) is 0.200. The monoisotopic (exact) mass is 552 g/mol. The Bertz CT molecular complexity index is 1410. The van der Waals surface area contributed by atoms with Gasteiger partial charge in [-0.2, -0.15) is 8.78 Å². The Morgan fingerprint density at radius 3 is 1.97 bits per heavy atom. The summed E-state index contributed by atoms with van der Waals surface area (Å²) in [5.74, 6) is -10.9. The van der Waals surface area contributed by atoms with Crippen molar-refractivity contribution in [3.05, 3.63) is 106 Å². The van der Waals surface area contributed by atoms with Crippen molar-refractivity contribution in [2.24, 2.45) is 5.92 Å². The summed E-state index contributed by atoms with van der Waals surface area (Å²) in [6.45, 7) is 4.21. The fraction of sp³-hybridized carbons (Fsp3) is 0.267. The second-order valence-corrected chi connectivity index (χ2v) is 9.47. The molecule has 1 aliphatic rings. The molecule has 0 bridgehead atoms. The van der Waals surface area contributed by atoms with Gasteiger partial charge < -0.3 is 4.74 Å². The number of hydrogen-bond donors (Lipinski definition) is 0. The van der Waals surface area contributed by atoms with Crippen molar-refractivity contribution >= 4 is 5.57 Å². The molecule has 0 amide bonds. The van der Waals surface area contributed by atoms with E-state index in [1.54, 1.807) is 6.07 Å². The molecule has 0 aliphatic heterocycles. The maximum atomic E-state index is 15.1. The number of hydrogen-bond acceptors (Lipinski definition) is 1. The van der Waals surface area contributed by atoms with Gasteiger partial charge in [0.25, 0.3) is 0 Å². The molecule has 0 spiro atoms. The molecule has 0 saturated carbocycles. The molecule has 4 rings (SSSR count). The molecule has 0 radical (unpaired) electrons. The van der Waals surface area contributed by atoms with E-state index in [0.29, 0.717) is 24.1 Å². The molecule has 1 atom stereocenters. The Balaban J connectivity index is 1.61. The summed E-state index contributed by atoms with van der Waals surface area (Å²) < 4.78 is 118. The maximum Gasteiger partial charge on any atom is 0.432 e. The van der Waals surface area contributed by atoms with Gasteiger partial charge in [0.2, 0.25) is 0 Å². The van der Waals surface area contributed by atoms with Gasteiger partial charge in [0, 0.05) is 17.7 Å². The van der Waals surface area contributed by atoms with Crippen LogP contribution < -0.4 is 4.74 Å². The number of allylic oxidation sites excluding steroid dienone is 4. The van der Waals surface area contributed by atoms with Crippen molar-refractivity contribution < 1.29 is 39.9 Å². The third-order valence-corrected chi connectivity index (χ3v) is 6.66. The summed E-state index contributed by atoms with van der Waals surface area (Å²) in [7, 11) is 0. The minimum atomic E-state index is -4.74. The predicted octanol–water partition coefficient (Wildman–Crippen LogP) is 9.86. The maximum absolute atomic E-state index is 15.1. The molecule has 1 aliphatic carbocycles. The van der Waals surface area contributed by atoms with Crippen molar-refractivity contribution in [2.75, 3.05) is 0 Å². The Labute approximate surface area is 220 Å². The van der Waals surface area contributed by atoms with Crippen LogP contribution in [0.1, 0.15) is 50.7 Å². The topological polar surface area (TPSA) is 9.23 Å². The molecule has 1 unspecified atom stereocenters. The van der Waals surface area contributed by atoms with Crippen molar-refractivity contribution in [1.82, 2.24) is 0 Å².